The van der Waals surface area contributed by atoms with Crippen LogP contribution in [0.5, 0.6) is 0 Å². The van der Waals surface area contributed by atoms with Gasteiger partial charge in [-0.05, 0) is 51.2 Å². The maximum atomic E-state index is 10.5. The number of hydrogen-bond donors (Lipinski definition) is 1. The fourth-order valence-corrected chi connectivity index (χ4v) is 4.17. The summed E-state index contributed by atoms with van der Waals surface area (Å²) in [6.45, 7) is 19.0. The summed E-state index contributed by atoms with van der Waals surface area (Å²) >= 11 is 0. The summed E-state index contributed by atoms with van der Waals surface area (Å²) in [6, 6.07) is 0. The Hall–Kier alpha value is -0.203. The topological polar surface area (TPSA) is 47.9 Å². The zero-order chi connectivity index (χ0) is 19.3. The van der Waals surface area contributed by atoms with E-state index >= 15 is 0 Å². The standard InChI is InChI=1S/C20H40O4Si/c1-9-10-11-12-13-15(2)22-19-17(21)14-18(16(3)23-19)24-25(7,8)20(4,5)6/h9,15-19,21H,1,10-14H2,2-8H3/t15-,16+,17-,18-,19-/m1/s1. The molecule has 0 amide bonds. The molecule has 25 heavy (non-hydrogen) atoms. The predicted molar refractivity (Wildman–Crippen MR) is 106 cm³/mol. The molecule has 5 atom stereocenters. The van der Waals surface area contributed by atoms with E-state index in [1.54, 1.807) is 0 Å². The maximum Gasteiger partial charge on any atom is 0.192 e. The number of hydrogen-bond acceptors (Lipinski definition) is 4. The van der Waals surface area contributed by atoms with Crippen molar-refractivity contribution in [1.82, 2.24) is 0 Å². The number of allylic oxidation sites excluding steroid dienone is 1. The van der Waals surface area contributed by atoms with Gasteiger partial charge < -0.3 is 19.0 Å². The third kappa shape index (κ3) is 7.14. The molecule has 0 aromatic carbocycles. The second-order valence-corrected chi connectivity index (χ2v) is 13.7. The van der Waals surface area contributed by atoms with Crippen LogP contribution in [-0.4, -0.2) is 44.1 Å². The Labute approximate surface area is 156 Å². The van der Waals surface area contributed by atoms with E-state index in [4.69, 9.17) is 13.9 Å². The van der Waals surface area contributed by atoms with Gasteiger partial charge in [-0.2, -0.15) is 0 Å². The van der Waals surface area contributed by atoms with Gasteiger partial charge in [0.25, 0.3) is 0 Å². The van der Waals surface area contributed by atoms with Crippen LogP contribution >= 0.6 is 0 Å². The van der Waals surface area contributed by atoms with Crippen molar-refractivity contribution in [2.75, 3.05) is 0 Å². The van der Waals surface area contributed by atoms with Crippen LogP contribution in [0.2, 0.25) is 18.1 Å². The van der Waals surface area contributed by atoms with Gasteiger partial charge in [0.05, 0.1) is 18.3 Å². The summed E-state index contributed by atoms with van der Waals surface area (Å²) < 4.78 is 18.4. The van der Waals surface area contributed by atoms with Crippen molar-refractivity contribution in [3.63, 3.8) is 0 Å². The summed E-state index contributed by atoms with van der Waals surface area (Å²) in [5.41, 5.74) is 0. The molecule has 1 aliphatic heterocycles. The van der Waals surface area contributed by atoms with Crippen LogP contribution in [0.4, 0.5) is 0 Å². The maximum absolute atomic E-state index is 10.5. The molecule has 0 spiro atoms. The molecule has 148 valence electrons. The van der Waals surface area contributed by atoms with Crippen LogP contribution in [-0.2, 0) is 13.9 Å². The molecule has 1 fully saturated rings. The zero-order valence-corrected chi connectivity index (χ0v) is 18.4. The lowest BCUT2D eigenvalue weighted by atomic mass is 10.0. The smallest absolute Gasteiger partial charge is 0.192 e. The summed E-state index contributed by atoms with van der Waals surface area (Å²) in [5, 5.41) is 10.6. The molecule has 0 unspecified atom stereocenters. The molecule has 1 rings (SSSR count). The Balaban J connectivity index is 2.51. The first-order valence-electron chi connectivity index (χ1n) is 9.75. The first-order valence-corrected chi connectivity index (χ1v) is 12.7. The van der Waals surface area contributed by atoms with Crippen molar-refractivity contribution in [1.29, 1.82) is 0 Å². The number of aliphatic hydroxyl groups is 1. The van der Waals surface area contributed by atoms with E-state index in [-0.39, 0.29) is 23.4 Å². The second kappa shape index (κ2) is 9.65. The molecule has 0 aliphatic carbocycles. The van der Waals surface area contributed by atoms with E-state index in [1.807, 2.05) is 19.9 Å². The Bertz CT molecular complexity index is 405. The van der Waals surface area contributed by atoms with E-state index in [9.17, 15) is 5.11 Å². The SMILES string of the molecule is C=CCCCC[C@@H](C)O[C@@H]1O[C@@H](C)[C@H](O[Si](C)(C)C(C)(C)C)C[C@H]1O. The lowest BCUT2D eigenvalue weighted by Gasteiger charge is -2.45. The monoisotopic (exact) mass is 372 g/mol. The highest BCUT2D eigenvalue weighted by Crippen LogP contribution is 2.39. The third-order valence-electron chi connectivity index (χ3n) is 5.55. The zero-order valence-electron chi connectivity index (χ0n) is 17.4. The highest BCUT2D eigenvalue weighted by atomic mass is 28.4. The largest absolute Gasteiger partial charge is 0.411 e. The quantitative estimate of drug-likeness (QED) is 0.350. The van der Waals surface area contributed by atoms with Gasteiger partial charge in [-0.25, -0.2) is 0 Å². The van der Waals surface area contributed by atoms with Crippen LogP contribution in [0.3, 0.4) is 0 Å². The lowest BCUT2D eigenvalue weighted by molar-refractivity contribution is -0.271. The van der Waals surface area contributed by atoms with Crippen molar-refractivity contribution in [2.24, 2.45) is 0 Å². The van der Waals surface area contributed by atoms with Crippen LogP contribution in [0.25, 0.3) is 0 Å². The van der Waals surface area contributed by atoms with Crippen molar-refractivity contribution in [3.8, 4) is 0 Å². The first-order chi connectivity index (χ1) is 11.5. The summed E-state index contributed by atoms with van der Waals surface area (Å²) in [6.07, 6.45) is 5.50. The highest BCUT2D eigenvalue weighted by molar-refractivity contribution is 6.74. The Morgan fingerprint density at radius 3 is 2.52 bits per heavy atom. The van der Waals surface area contributed by atoms with E-state index in [2.05, 4.69) is 40.4 Å². The molecule has 1 N–H and O–H groups in total. The number of unbranched alkanes of at least 4 members (excludes halogenated alkanes) is 2. The summed E-state index contributed by atoms with van der Waals surface area (Å²) in [7, 11) is -1.88. The lowest BCUT2D eigenvalue weighted by Crippen LogP contribution is -2.54. The van der Waals surface area contributed by atoms with Crippen LogP contribution < -0.4 is 0 Å². The fraction of sp³-hybridized carbons (Fsp3) is 0.900. The molecular formula is C20H40O4Si. The van der Waals surface area contributed by atoms with Crippen LogP contribution in [0.1, 0.15) is 66.7 Å². The Kier molecular flexibility index (Phi) is 8.82. The van der Waals surface area contributed by atoms with Crippen LogP contribution in [0.15, 0.2) is 12.7 Å². The predicted octanol–water partition coefficient (Wildman–Crippen LogP) is 5.02. The molecule has 1 aliphatic rings. The molecule has 0 bridgehead atoms. The molecule has 1 saturated heterocycles. The van der Waals surface area contributed by atoms with Gasteiger partial charge in [-0.1, -0.05) is 33.3 Å². The van der Waals surface area contributed by atoms with E-state index in [0.29, 0.717) is 6.42 Å². The van der Waals surface area contributed by atoms with Gasteiger partial charge >= 0.3 is 0 Å². The minimum Gasteiger partial charge on any atom is -0.411 e. The second-order valence-electron chi connectivity index (χ2n) is 8.95. The van der Waals surface area contributed by atoms with E-state index in [1.165, 1.54) is 0 Å². The van der Waals surface area contributed by atoms with Gasteiger partial charge in [0.15, 0.2) is 14.6 Å². The Morgan fingerprint density at radius 2 is 1.96 bits per heavy atom. The highest BCUT2D eigenvalue weighted by Gasteiger charge is 2.44. The van der Waals surface area contributed by atoms with Crippen LogP contribution in [0, 0.1) is 0 Å². The van der Waals surface area contributed by atoms with E-state index in [0.717, 1.165) is 25.7 Å². The minimum absolute atomic E-state index is 0.0707. The molecule has 0 radical (unpaired) electrons. The van der Waals surface area contributed by atoms with Crippen molar-refractivity contribution < 1.29 is 19.0 Å². The molecule has 1 heterocycles. The van der Waals surface area contributed by atoms with Gasteiger partial charge in [0.2, 0.25) is 0 Å². The first kappa shape index (κ1) is 22.8. The van der Waals surface area contributed by atoms with Gasteiger partial charge in [0, 0.05) is 6.42 Å². The molecular weight excluding hydrogens is 332 g/mol. The minimum atomic E-state index is -1.88. The molecule has 0 aromatic heterocycles. The van der Waals surface area contributed by atoms with Crippen molar-refractivity contribution in [2.45, 2.75) is 116 Å². The summed E-state index contributed by atoms with van der Waals surface area (Å²) in [5.74, 6) is 0. The average molecular weight is 373 g/mol. The molecule has 5 heteroatoms. The van der Waals surface area contributed by atoms with E-state index < -0.39 is 20.7 Å². The molecule has 4 nitrogen and oxygen atoms in total. The molecule has 0 aromatic rings. The third-order valence-corrected chi connectivity index (χ3v) is 10.1. The van der Waals surface area contributed by atoms with Gasteiger partial charge in [-0.15, -0.1) is 6.58 Å². The average Bonchev–Trinajstić information content (AvgIpc) is 2.47. The number of ether oxygens (including phenoxy) is 2. The van der Waals surface area contributed by atoms with Gasteiger partial charge in [-0.3, -0.25) is 0 Å². The fourth-order valence-electron chi connectivity index (χ4n) is 2.77. The van der Waals surface area contributed by atoms with Crippen molar-refractivity contribution >= 4 is 8.32 Å². The number of rotatable bonds is 9. The Morgan fingerprint density at radius 1 is 1.32 bits per heavy atom. The van der Waals surface area contributed by atoms with Gasteiger partial charge in [0.1, 0.15) is 6.10 Å². The number of aliphatic hydroxyl groups excluding tert-OH is 1. The van der Waals surface area contributed by atoms with Crippen molar-refractivity contribution in [3.05, 3.63) is 12.7 Å². The normalized spacial score (nSPS) is 29.4. The summed E-state index contributed by atoms with van der Waals surface area (Å²) in [4.78, 5) is 0. The molecule has 0 saturated carbocycles.